The summed E-state index contributed by atoms with van der Waals surface area (Å²) in [6.45, 7) is 2.70. The van der Waals surface area contributed by atoms with E-state index in [4.69, 9.17) is 4.74 Å². The molecular formula is C23H25N9O2. The number of ether oxygens (including phenoxy) is 1. The van der Waals surface area contributed by atoms with Crippen LogP contribution in [-0.4, -0.2) is 56.7 Å². The molecule has 0 saturated carbocycles. The van der Waals surface area contributed by atoms with Gasteiger partial charge in [0.1, 0.15) is 30.0 Å². The molecular weight excluding hydrogens is 434 g/mol. The molecule has 0 bridgehead atoms. The number of carbonyl (C=O) groups is 1. The van der Waals surface area contributed by atoms with Crippen LogP contribution in [0.15, 0.2) is 55.2 Å². The van der Waals surface area contributed by atoms with E-state index < -0.39 is 0 Å². The number of hydrogen-bond donors (Lipinski definition) is 4. The van der Waals surface area contributed by atoms with Crippen LogP contribution >= 0.6 is 0 Å². The van der Waals surface area contributed by atoms with Crippen LogP contribution in [0.4, 0.5) is 17.6 Å². The Balaban J connectivity index is 1.42. The molecule has 1 amide bonds. The first kappa shape index (κ1) is 22.6. The van der Waals surface area contributed by atoms with E-state index in [0.29, 0.717) is 35.4 Å². The van der Waals surface area contributed by atoms with Crippen molar-refractivity contribution in [1.29, 1.82) is 0 Å². The summed E-state index contributed by atoms with van der Waals surface area (Å²) in [4.78, 5) is 29.0. The van der Waals surface area contributed by atoms with Gasteiger partial charge < -0.3 is 20.7 Å². The Morgan fingerprint density at radius 1 is 1.06 bits per heavy atom. The number of anilines is 3. The topological polar surface area (TPSA) is 143 Å². The summed E-state index contributed by atoms with van der Waals surface area (Å²) in [5, 5.41) is 15.5. The number of benzene rings is 1. The molecule has 1 aromatic carbocycles. The van der Waals surface area contributed by atoms with Crippen LogP contribution in [0.5, 0.6) is 5.75 Å². The van der Waals surface area contributed by atoms with Crippen molar-refractivity contribution in [3.8, 4) is 17.0 Å². The first-order valence-electron chi connectivity index (χ1n) is 10.6. The van der Waals surface area contributed by atoms with Crippen LogP contribution in [0.3, 0.4) is 0 Å². The van der Waals surface area contributed by atoms with E-state index in [1.165, 1.54) is 12.7 Å². The summed E-state index contributed by atoms with van der Waals surface area (Å²) in [7, 11) is 3.20. The normalized spacial score (nSPS) is 11.5. The molecule has 0 fully saturated rings. The number of pyridine rings is 1. The number of aromatic nitrogens is 6. The number of carbonyl (C=O) groups excluding carboxylic acids is 1. The minimum absolute atomic E-state index is 0.107. The SMILES string of the molecule is CNC(=O)c1ccc(C(C)CNc2cc(-c3ccc(Nc4ncn[nH]4)nc3)ncn2)c(OC)c1. The molecule has 174 valence electrons. The first-order chi connectivity index (χ1) is 16.6. The zero-order valence-corrected chi connectivity index (χ0v) is 19.0. The summed E-state index contributed by atoms with van der Waals surface area (Å²) in [6, 6.07) is 11.1. The zero-order chi connectivity index (χ0) is 23.9. The van der Waals surface area contributed by atoms with Gasteiger partial charge in [0.15, 0.2) is 0 Å². The lowest BCUT2D eigenvalue weighted by molar-refractivity contribution is 0.0962. The van der Waals surface area contributed by atoms with Gasteiger partial charge in [-0.25, -0.2) is 20.1 Å². The predicted octanol–water partition coefficient (Wildman–Crippen LogP) is 2.98. The molecule has 11 heteroatoms. The third-order valence-electron chi connectivity index (χ3n) is 5.23. The maximum absolute atomic E-state index is 11.9. The first-order valence-corrected chi connectivity index (χ1v) is 10.6. The van der Waals surface area contributed by atoms with Gasteiger partial charge in [-0.15, -0.1) is 0 Å². The summed E-state index contributed by atoms with van der Waals surface area (Å²) in [5.74, 6) is 2.47. The van der Waals surface area contributed by atoms with Gasteiger partial charge in [0, 0.05) is 42.9 Å². The summed E-state index contributed by atoms with van der Waals surface area (Å²) in [6.07, 6.45) is 4.66. The van der Waals surface area contributed by atoms with Gasteiger partial charge in [0.05, 0.1) is 12.8 Å². The van der Waals surface area contributed by atoms with Crippen molar-refractivity contribution in [1.82, 2.24) is 35.5 Å². The molecule has 3 aromatic heterocycles. The number of nitrogens with one attached hydrogen (secondary N) is 4. The molecule has 0 aliphatic carbocycles. The standard InChI is InChI=1S/C23H25N9O2/c1-14(17-6-4-15(22(33)24-2)8-19(17)34-3)10-25-21-9-18(27-12-28-21)16-5-7-20(26-11-16)31-23-29-13-30-32-23/h4-9,11-14H,10H2,1-3H3,(H,24,33)(H,25,27,28)(H2,26,29,30,31,32). The van der Waals surface area contributed by atoms with Crippen molar-refractivity contribution in [2.45, 2.75) is 12.8 Å². The molecule has 3 heterocycles. The molecule has 0 spiro atoms. The Labute approximate surface area is 196 Å². The molecule has 0 aliphatic heterocycles. The van der Waals surface area contributed by atoms with Crippen molar-refractivity contribution in [3.63, 3.8) is 0 Å². The number of rotatable bonds is 9. The highest BCUT2D eigenvalue weighted by atomic mass is 16.5. The highest BCUT2D eigenvalue weighted by Crippen LogP contribution is 2.28. The van der Waals surface area contributed by atoms with Gasteiger partial charge in [-0.05, 0) is 29.8 Å². The van der Waals surface area contributed by atoms with Crippen LogP contribution < -0.4 is 20.7 Å². The maximum Gasteiger partial charge on any atom is 0.251 e. The van der Waals surface area contributed by atoms with E-state index in [-0.39, 0.29) is 11.8 Å². The minimum Gasteiger partial charge on any atom is -0.496 e. The van der Waals surface area contributed by atoms with Crippen molar-refractivity contribution in [2.75, 3.05) is 31.3 Å². The highest BCUT2D eigenvalue weighted by Gasteiger charge is 2.15. The summed E-state index contributed by atoms with van der Waals surface area (Å²) >= 11 is 0. The zero-order valence-electron chi connectivity index (χ0n) is 19.0. The van der Waals surface area contributed by atoms with E-state index in [1.54, 1.807) is 32.5 Å². The molecule has 0 saturated heterocycles. The van der Waals surface area contributed by atoms with E-state index in [2.05, 4.69) is 53.0 Å². The Kier molecular flexibility index (Phi) is 6.92. The lowest BCUT2D eigenvalue weighted by Gasteiger charge is -2.17. The maximum atomic E-state index is 11.9. The molecule has 11 nitrogen and oxygen atoms in total. The van der Waals surface area contributed by atoms with Crippen LogP contribution in [0.2, 0.25) is 0 Å². The molecule has 4 N–H and O–H groups in total. The van der Waals surface area contributed by atoms with Crippen molar-refractivity contribution in [3.05, 3.63) is 66.4 Å². The molecule has 1 atom stereocenters. The van der Waals surface area contributed by atoms with Gasteiger partial charge in [-0.2, -0.15) is 10.1 Å². The number of hydrogen-bond acceptors (Lipinski definition) is 9. The fourth-order valence-electron chi connectivity index (χ4n) is 3.39. The largest absolute Gasteiger partial charge is 0.496 e. The summed E-state index contributed by atoms with van der Waals surface area (Å²) < 4.78 is 5.52. The molecule has 0 aliphatic rings. The van der Waals surface area contributed by atoms with E-state index in [9.17, 15) is 4.79 Å². The predicted molar refractivity (Wildman–Crippen MR) is 128 cm³/mol. The lowest BCUT2D eigenvalue weighted by Crippen LogP contribution is -2.18. The fourth-order valence-corrected chi connectivity index (χ4v) is 3.39. The molecule has 4 aromatic rings. The second-order valence-electron chi connectivity index (χ2n) is 7.50. The molecule has 4 rings (SSSR count). The average molecular weight is 460 g/mol. The fraction of sp³-hybridized carbons (Fsp3) is 0.217. The van der Waals surface area contributed by atoms with Gasteiger partial charge >= 0.3 is 0 Å². The smallest absolute Gasteiger partial charge is 0.251 e. The second kappa shape index (κ2) is 10.4. The van der Waals surface area contributed by atoms with Crippen LogP contribution in [0, 0.1) is 0 Å². The second-order valence-corrected chi connectivity index (χ2v) is 7.50. The molecule has 0 radical (unpaired) electrons. The van der Waals surface area contributed by atoms with Crippen LogP contribution in [-0.2, 0) is 0 Å². The third kappa shape index (κ3) is 5.26. The van der Waals surface area contributed by atoms with E-state index in [0.717, 1.165) is 16.8 Å². The third-order valence-corrected chi connectivity index (χ3v) is 5.23. The summed E-state index contributed by atoms with van der Waals surface area (Å²) in [5.41, 5.74) is 3.15. The number of methoxy groups -OCH3 is 1. The lowest BCUT2D eigenvalue weighted by atomic mass is 9.98. The van der Waals surface area contributed by atoms with Gasteiger partial charge in [0.25, 0.3) is 5.91 Å². The number of nitrogens with zero attached hydrogens (tertiary/aromatic N) is 5. The van der Waals surface area contributed by atoms with Crippen LogP contribution in [0.25, 0.3) is 11.3 Å². The van der Waals surface area contributed by atoms with Gasteiger partial charge in [-0.1, -0.05) is 13.0 Å². The Morgan fingerprint density at radius 2 is 1.94 bits per heavy atom. The van der Waals surface area contributed by atoms with Crippen LogP contribution in [0.1, 0.15) is 28.8 Å². The van der Waals surface area contributed by atoms with Crippen molar-refractivity contribution in [2.24, 2.45) is 0 Å². The quantitative estimate of drug-likeness (QED) is 0.297. The van der Waals surface area contributed by atoms with E-state index >= 15 is 0 Å². The van der Waals surface area contributed by atoms with Crippen molar-refractivity contribution >= 4 is 23.5 Å². The van der Waals surface area contributed by atoms with Gasteiger partial charge in [0.2, 0.25) is 5.95 Å². The monoisotopic (exact) mass is 459 g/mol. The number of amides is 1. The van der Waals surface area contributed by atoms with E-state index in [1.807, 2.05) is 24.3 Å². The Morgan fingerprint density at radius 3 is 2.65 bits per heavy atom. The minimum atomic E-state index is -0.152. The highest BCUT2D eigenvalue weighted by molar-refractivity contribution is 5.94. The number of H-pyrrole nitrogens is 1. The Hall–Kier alpha value is -4.54. The Bertz CT molecular complexity index is 1240. The molecule has 1 unspecified atom stereocenters. The van der Waals surface area contributed by atoms with Crippen molar-refractivity contribution < 1.29 is 9.53 Å². The molecule has 34 heavy (non-hydrogen) atoms. The average Bonchev–Trinajstić information content (AvgIpc) is 3.40. The number of aromatic amines is 1. The van der Waals surface area contributed by atoms with Gasteiger partial charge in [-0.3, -0.25) is 4.79 Å².